The van der Waals surface area contributed by atoms with Gasteiger partial charge in [0.1, 0.15) is 5.75 Å². The van der Waals surface area contributed by atoms with Crippen molar-refractivity contribution in [2.24, 2.45) is 5.92 Å². The van der Waals surface area contributed by atoms with E-state index in [0.29, 0.717) is 24.7 Å². The van der Waals surface area contributed by atoms with E-state index in [0.717, 1.165) is 34.1 Å². The Kier molecular flexibility index (Phi) is 3.79. The molecule has 0 amide bonds. The molecule has 4 heteroatoms. The molecule has 0 unspecified atom stereocenters. The molecule has 3 aromatic rings. The summed E-state index contributed by atoms with van der Waals surface area (Å²) in [7, 11) is 0. The lowest BCUT2D eigenvalue weighted by atomic mass is 9.90. The van der Waals surface area contributed by atoms with E-state index in [2.05, 4.69) is 29.2 Å². The van der Waals surface area contributed by atoms with E-state index in [9.17, 15) is 4.79 Å². The molecule has 26 heavy (non-hydrogen) atoms. The molecule has 0 aliphatic carbocycles. The molecule has 3 heterocycles. The van der Waals surface area contributed by atoms with Gasteiger partial charge < -0.3 is 14.5 Å². The van der Waals surface area contributed by atoms with Crippen LogP contribution in [-0.4, -0.2) is 23.8 Å². The van der Waals surface area contributed by atoms with Gasteiger partial charge in [0.15, 0.2) is 0 Å². The predicted molar refractivity (Wildman–Crippen MR) is 102 cm³/mol. The molecule has 3 atom stereocenters. The third kappa shape index (κ3) is 2.80. The summed E-state index contributed by atoms with van der Waals surface area (Å²) in [5.41, 5.74) is 1.95. The Morgan fingerprint density at radius 3 is 2.81 bits per heavy atom. The van der Waals surface area contributed by atoms with Gasteiger partial charge in [-0.25, -0.2) is 0 Å². The van der Waals surface area contributed by atoms with Crippen LogP contribution in [0, 0.1) is 5.92 Å². The summed E-state index contributed by atoms with van der Waals surface area (Å²) in [6.07, 6.45) is 6.07. The van der Waals surface area contributed by atoms with E-state index in [4.69, 9.17) is 9.47 Å². The lowest BCUT2D eigenvalue weighted by Gasteiger charge is -2.19. The van der Waals surface area contributed by atoms with Crippen molar-refractivity contribution < 1.29 is 9.47 Å². The summed E-state index contributed by atoms with van der Waals surface area (Å²) in [5.74, 6) is 1.37. The molecule has 2 saturated heterocycles. The Balaban J connectivity index is 1.48. The van der Waals surface area contributed by atoms with Gasteiger partial charge in [0.25, 0.3) is 0 Å². The molecule has 2 fully saturated rings. The van der Waals surface area contributed by atoms with Crippen LogP contribution < -0.4 is 10.3 Å². The van der Waals surface area contributed by atoms with Crippen LogP contribution in [0.3, 0.4) is 0 Å². The second-order valence-corrected chi connectivity index (χ2v) is 7.31. The number of aromatic nitrogens is 1. The van der Waals surface area contributed by atoms with Crippen LogP contribution in [0.1, 0.15) is 19.3 Å². The molecule has 1 N–H and O–H groups in total. The molecule has 4 nitrogen and oxygen atoms in total. The fourth-order valence-electron chi connectivity index (χ4n) is 4.31. The first-order valence-corrected chi connectivity index (χ1v) is 9.26. The van der Waals surface area contributed by atoms with Crippen LogP contribution >= 0.6 is 0 Å². The average molecular weight is 347 g/mol. The lowest BCUT2D eigenvalue weighted by Crippen LogP contribution is -2.23. The zero-order chi connectivity index (χ0) is 17.5. The van der Waals surface area contributed by atoms with Gasteiger partial charge in [-0.05, 0) is 59.4 Å². The Hall–Kier alpha value is -2.59. The molecule has 132 valence electrons. The number of H-pyrrole nitrogens is 1. The van der Waals surface area contributed by atoms with Gasteiger partial charge in [0, 0.05) is 18.2 Å². The van der Waals surface area contributed by atoms with Crippen LogP contribution in [0.4, 0.5) is 0 Å². The van der Waals surface area contributed by atoms with E-state index in [1.165, 1.54) is 12.8 Å². The SMILES string of the molecule is O=c1ccc(-c2cc(OC[C@H]3C[C@@H]4CC[C@H]3O4)cc3ccccc23)c[nH]1. The quantitative estimate of drug-likeness (QED) is 0.772. The molecule has 0 spiro atoms. The first kappa shape index (κ1) is 15.6. The minimum Gasteiger partial charge on any atom is -0.493 e. The van der Waals surface area contributed by atoms with Crippen molar-refractivity contribution in [3.05, 3.63) is 65.1 Å². The van der Waals surface area contributed by atoms with Gasteiger partial charge in [-0.3, -0.25) is 4.79 Å². The first-order chi connectivity index (χ1) is 12.8. The summed E-state index contributed by atoms with van der Waals surface area (Å²) >= 11 is 0. The number of hydrogen-bond donors (Lipinski definition) is 1. The highest BCUT2D eigenvalue weighted by Gasteiger charge is 2.40. The highest BCUT2D eigenvalue weighted by Crippen LogP contribution is 2.39. The third-order valence-electron chi connectivity index (χ3n) is 5.63. The largest absolute Gasteiger partial charge is 0.493 e. The fraction of sp³-hybridized carbons (Fsp3) is 0.318. The molecule has 0 radical (unpaired) electrons. The normalized spacial score (nSPS) is 24.2. The predicted octanol–water partition coefficient (Wildman–Crippen LogP) is 4.14. The molecule has 2 bridgehead atoms. The van der Waals surface area contributed by atoms with Crippen molar-refractivity contribution in [1.29, 1.82) is 0 Å². The van der Waals surface area contributed by atoms with Crippen LogP contribution in [0.15, 0.2) is 59.5 Å². The first-order valence-electron chi connectivity index (χ1n) is 9.26. The number of hydrogen-bond acceptors (Lipinski definition) is 3. The molecule has 2 aliphatic rings. The highest BCUT2D eigenvalue weighted by molar-refractivity contribution is 5.97. The molecular weight excluding hydrogens is 326 g/mol. The zero-order valence-corrected chi connectivity index (χ0v) is 14.5. The van der Waals surface area contributed by atoms with Gasteiger partial charge in [-0.15, -0.1) is 0 Å². The monoisotopic (exact) mass is 347 g/mol. The molecule has 2 aromatic carbocycles. The smallest absolute Gasteiger partial charge is 0.247 e. The number of rotatable bonds is 4. The second kappa shape index (κ2) is 6.29. The highest BCUT2D eigenvalue weighted by atomic mass is 16.5. The number of nitrogens with one attached hydrogen (secondary N) is 1. The van der Waals surface area contributed by atoms with Crippen molar-refractivity contribution in [1.82, 2.24) is 4.98 Å². The Morgan fingerprint density at radius 1 is 1.12 bits per heavy atom. The number of fused-ring (bicyclic) bond motifs is 3. The number of aromatic amines is 1. The van der Waals surface area contributed by atoms with Crippen LogP contribution in [-0.2, 0) is 4.74 Å². The van der Waals surface area contributed by atoms with E-state index in [-0.39, 0.29) is 5.56 Å². The van der Waals surface area contributed by atoms with Crippen molar-refractivity contribution in [2.75, 3.05) is 6.61 Å². The van der Waals surface area contributed by atoms with E-state index < -0.39 is 0 Å². The second-order valence-electron chi connectivity index (χ2n) is 7.31. The van der Waals surface area contributed by atoms with Crippen molar-refractivity contribution in [2.45, 2.75) is 31.5 Å². The Morgan fingerprint density at radius 2 is 2.04 bits per heavy atom. The molecule has 1 aromatic heterocycles. The summed E-state index contributed by atoms with van der Waals surface area (Å²) in [6, 6.07) is 15.8. The van der Waals surface area contributed by atoms with Crippen LogP contribution in [0.5, 0.6) is 5.75 Å². The van der Waals surface area contributed by atoms with Crippen LogP contribution in [0.25, 0.3) is 21.9 Å². The van der Waals surface area contributed by atoms with E-state index >= 15 is 0 Å². The fourth-order valence-corrected chi connectivity index (χ4v) is 4.31. The van der Waals surface area contributed by atoms with Crippen molar-refractivity contribution in [3.63, 3.8) is 0 Å². The zero-order valence-electron chi connectivity index (χ0n) is 14.5. The number of benzene rings is 2. The molecule has 0 saturated carbocycles. The van der Waals surface area contributed by atoms with Gasteiger partial charge in [0.2, 0.25) is 5.56 Å². The molecule has 5 rings (SSSR count). The summed E-state index contributed by atoms with van der Waals surface area (Å²) in [4.78, 5) is 14.2. The number of ether oxygens (including phenoxy) is 2. The van der Waals surface area contributed by atoms with Crippen molar-refractivity contribution in [3.8, 4) is 16.9 Å². The van der Waals surface area contributed by atoms with Gasteiger partial charge in [0.05, 0.1) is 18.8 Å². The topological polar surface area (TPSA) is 51.3 Å². The van der Waals surface area contributed by atoms with E-state index in [1.807, 2.05) is 18.2 Å². The Bertz CT molecular complexity index is 989. The van der Waals surface area contributed by atoms with Crippen LogP contribution in [0.2, 0.25) is 0 Å². The van der Waals surface area contributed by atoms with Gasteiger partial charge in [-0.2, -0.15) is 0 Å². The lowest BCUT2D eigenvalue weighted by molar-refractivity contribution is 0.0825. The minimum atomic E-state index is -0.0956. The van der Waals surface area contributed by atoms with Gasteiger partial charge in [-0.1, -0.05) is 24.3 Å². The summed E-state index contributed by atoms with van der Waals surface area (Å²) in [6.45, 7) is 0.699. The Labute approximate surface area is 151 Å². The summed E-state index contributed by atoms with van der Waals surface area (Å²) < 4.78 is 12.1. The third-order valence-corrected chi connectivity index (χ3v) is 5.63. The summed E-state index contributed by atoms with van der Waals surface area (Å²) in [5, 5.41) is 2.28. The van der Waals surface area contributed by atoms with E-state index in [1.54, 1.807) is 12.3 Å². The molecule has 2 aliphatic heterocycles. The minimum absolute atomic E-state index is 0.0956. The average Bonchev–Trinajstić information content (AvgIpc) is 3.30. The molecular formula is C22H21NO3. The number of pyridine rings is 1. The maximum absolute atomic E-state index is 11.4. The van der Waals surface area contributed by atoms with Gasteiger partial charge >= 0.3 is 0 Å². The maximum Gasteiger partial charge on any atom is 0.247 e. The standard InChI is InChI=1S/C22H21NO3/c24-22-8-5-15(12-23-22)20-11-18(9-14-3-1-2-4-19(14)20)25-13-16-10-17-6-7-21(16)26-17/h1-5,8-9,11-12,16-17,21H,6-7,10,13H2,(H,23,24)/t16-,17+,21-/m1/s1. The van der Waals surface area contributed by atoms with Crippen molar-refractivity contribution >= 4 is 10.8 Å². The maximum atomic E-state index is 11.4.